The number of aromatic nitrogens is 2. The van der Waals surface area contributed by atoms with E-state index in [1.165, 1.54) is 16.7 Å². The summed E-state index contributed by atoms with van der Waals surface area (Å²) in [5.41, 5.74) is 2.23. The minimum absolute atomic E-state index is 0.0182. The average Bonchev–Trinajstić information content (AvgIpc) is 2.75. The van der Waals surface area contributed by atoms with Crippen molar-refractivity contribution in [3.8, 4) is 5.69 Å². The van der Waals surface area contributed by atoms with Gasteiger partial charge in [-0.3, -0.25) is 24.3 Å². The maximum atomic E-state index is 13.0. The van der Waals surface area contributed by atoms with Crippen LogP contribution in [0.5, 0.6) is 0 Å². The van der Waals surface area contributed by atoms with Crippen LogP contribution in [-0.2, 0) is 0 Å². The van der Waals surface area contributed by atoms with Crippen LogP contribution >= 0.6 is 11.6 Å². The number of rotatable bonds is 4. The molecule has 1 N–H and O–H groups in total. The van der Waals surface area contributed by atoms with Gasteiger partial charge in [0.2, 0.25) is 0 Å². The first-order valence-electron chi connectivity index (χ1n) is 9.61. The zero-order chi connectivity index (χ0) is 23.0. The first-order chi connectivity index (χ1) is 15.3. The third-order valence-electron chi connectivity index (χ3n) is 5.07. The molecule has 160 valence electrons. The largest absolute Gasteiger partial charge is 0.322 e. The second-order valence-corrected chi connectivity index (χ2v) is 7.60. The highest BCUT2D eigenvalue weighted by molar-refractivity contribution is 6.34. The van der Waals surface area contributed by atoms with E-state index in [9.17, 15) is 19.7 Å². The number of nitrogens with zero attached hydrogens (tertiary/aromatic N) is 3. The van der Waals surface area contributed by atoms with E-state index in [0.717, 1.165) is 6.07 Å². The fraction of sp³-hybridized carbons (Fsp3) is 0.0870. The van der Waals surface area contributed by atoms with Crippen LogP contribution in [0.3, 0.4) is 0 Å². The van der Waals surface area contributed by atoms with Gasteiger partial charge in [-0.2, -0.15) is 0 Å². The number of aryl methyl sites for hydroxylation is 2. The van der Waals surface area contributed by atoms with Crippen LogP contribution < -0.4 is 10.9 Å². The number of amides is 1. The van der Waals surface area contributed by atoms with Crippen LogP contribution in [0.1, 0.15) is 21.7 Å². The van der Waals surface area contributed by atoms with Crippen molar-refractivity contribution in [2.24, 2.45) is 0 Å². The number of halogens is 1. The Hall–Kier alpha value is -4.04. The normalized spacial score (nSPS) is 10.8. The summed E-state index contributed by atoms with van der Waals surface area (Å²) < 4.78 is 1.52. The Kier molecular flexibility index (Phi) is 5.46. The van der Waals surface area contributed by atoms with Crippen molar-refractivity contribution < 1.29 is 9.72 Å². The standard InChI is InChI=1S/C23H17ClN4O4/c1-13-11-15(27-14(2)25-21-6-4-3-5-18(21)23(27)30)8-10-20(13)26-22(29)17-9-7-16(28(31)32)12-19(17)24/h3-12H,1-2H3,(H,26,29). The van der Waals surface area contributed by atoms with Crippen LogP contribution in [0, 0.1) is 24.0 Å². The molecule has 0 fully saturated rings. The Morgan fingerprint density at radius 3 is 2.53 bits per heavy atom. The number of carbonyl (C=O) groups excluding carboxylic acids is 1. The number of para-hydroxylation sites is 1. The number of nitro groups is 1. The lowest BCUT2D eigenvalue weighted by Gasteiger charge is -2.14. The molecule has 32 heavy (non-hydrogen) atoms. The van der Waals surface area contributed by atoms with Crippen molar-refractivity contribution in [3.63, 3.8) is 0 Å². The molecule has 0 atom stereocenters. The van der Waals surface area contributed by atoms with Gasteiger partial charge in [-0.15, -0.1) is 0 Å². The smallest absolute Gasteiger partial charge is 0.270 e. The SMILES string of the molecule is Cc1cc(-n2c(C)nc3ccccc3c2=O)ccc1NC(=O)c1ccc([N+](=O)[O-])cc1Cl. The maximum absolute atomic E-state index is 13.0. The van der Waals surface area contributed by atoms with E-state index in [1.54, 1.807) is 50.2 Å². The Labute approximate surface area is 187 Å². The van der Waals surface area contributed by atoms with Gasteiger partial charge in [0.25, 0.3) is 17.2 Å². The zero-order valence-corrected chi connectivity index (χ0v) is 17.9. The topological polar surface area (TPSA) is 107 Å². The fourth-order valence-corrected chi connectivity index (χ4v) is 3.73. The molecule has 0 saturated heterocycles. The first-order valence-corrected chi connectivity index (χ1v) is 9.99. The Balaban J connectivity index is 1.66. The van der Waals surface area contributed by atoms with Crippen molar-refractivity contribution in [2.45, 2.75) is 13.8 Å². The quantitative estimate of drug-likeness (QED) is 0.356. The van der Waals surface area contributed by atoms with Crippen molar-refractivity contribution >= 4 is 39.8 Å². The highest BCUT2D eigenvalue weighted by Crippen LogP contribution is 2.25. The van der Waals surface area contributed by atoms with Gasteiger partial charge in [-0.25, -0.2) is 4.98 Å². The van der Waals surface area contributed by atoms with E-state index in [0.29, 0.717) is 33.7 Å². The van der Waals surface area contributed by atoms with Crippen molar-refractivity contribution in [1.29, 1.82) is 0 Å². The molecule has 9 heteroatoms. The van der Waals surface area contributed by atoms with E-state index in [1.807, 2.05) is 6.07 Å². The third kappa shape index (κ3) is 3.83. The summed E-state index contributed by atoms with van der Waals surface area (Å²) in [7, 11) is 0. The molecular weight excluding hydrogens is 432 g/mol. The molecule has 0 aliphatic heterocycles. The lowest BCUT2D eigenvalue weighted by atomic mass is 10.1. The van der Waals surface area contributed by atoms with Gasteiger partial charge in [-0.1, -0.05) is 23.7 Å². The molecule has 0 bridgehead atoms. The minimum Gasteiger partial charge on any atom is -0.322 e. The highest BCUT2D eigenvalue weighted by Gasteiger charge is 2.16. The molecule has 0 saturated carbocycles. The number of nitrogens with one attached hydrogen (secondary N) is 1. The molecule has 0 aliphatic rings. The monoisotopic (exact) mass is 448 g/mol. The third-order valence-corrected chi connectivity index (χ3v) is 5.38. The van der Waals surface area contributed by atoms with E-state index in [-0.39, 0.29) is 21.8 Å². The molecule has 0 unspecified atom stereocenters. The van der Waals surface area contributed by atoms with Crippen LogP contribution in [-0.4, -0.2) is 20.4 Å². The predicted molar refractivity (Wildman–Crippen MR) is 123 cm³/mol. The second-order valence-electron chi connectivity index (χ2n) is 7.19. The molecular formula is C23H17ClN4O4. The van der Waals surface area contributed by atoms with Gasteiger partial charge >= 0.3 is 0 Å². The number of anilines is 1. The van der Waals surface area contributed by atoms with Crippen LogP contribution in [0.25, 0.3) is 16.6 Å². The molecule has 8 nitrogen and oxygen atoms in total. The summed E-state index contributed by atoms with van der Waals surface area (Å²) in [6.07, 6.45) is 0. The molecule has 0 aliphatic carbocycles. The molecule has 1 aromatic heterocycles. The summed E-state index contributed by atoms with van der Waals surface area (Å²) in [6.45, 7) is 3.56. The van der Waals surface area contributed by atoms with E-state index in [4.69, 9.17) is 11.6 Å². The van der Waals surface area contributed by atoms with Gasteiger partial charge in [0, 0.05) is 17.8 Å². The first kappa shape index (κ1) is 21.2. The van der Waals surface area contributed by atoms with Crippen LogP contribution in [0.2, 0.25) is 5.02 Å². The lowest BCUT2D eigenvalue weighted by Crippen LogP contribution is -2.22. The fourth-order valence-electron chi connectivity index (χ4n) is 3.47. The Morgan fingerprint density at radius 2 is 1.84 bits per heavy atom. The summed E-state index contributed by atoms with van der Waals surface area (Å²) in [4.78, 5) is 40.4. The average molecular weight is 449 g/mol. The molecule has 0 radical (unpaired) electrons. The van der Waals surface area contributed by atoms with Crippen molar-refractivity contribution in [2.75, 3.05) is 5.32 Å². The Morgan fingerprint density at radius 1 is 1.09 bits per heavy atom. The molecule has 4 rings (SSSR count). The van der Waals surface area contributed by atoms with E-state index < -0.39 is 10.8 Å². The molecule has 1 amide bonds. The summed E-state index contributed by atoms with van der Waals surface area (Å²) >= 11 is 6.05. The minimum atomic E-state index is -0.581. The number of non-ortho nitro benzene ring substituents is 1. The highest BCUT2D eigenvalue weighted by atomic mass is 35.5. The zero-order valence-electron chi connectivity index (χ0n) is 17.1. The van der Waals surface area contributed by atoms with Gasteiger partial charge in [0.1, 0.15) is 5.82 Å². The second kappa shape index (κ2) is 8.24. The van der Waals surface area contributed by atoms with Gasteiger partial charge in [0.15, 0.2) is 0 Å². The van der Waals surface area contributed by atoms with E-state index >= 15 is 0 Å². The van der Waals surface area contributed by atoms with Gasteiger partial charge in [0.05, 0.1) is 32.1 Å². The van der Waals surface area contributed by atoms with Crippen LogP contribution in [0.4, 0.5) is 11.4 Å². The maximum Gasteiger partial charge on any atom is 0.270 e. The van der Waals surface area contributed by atoms with Crippen LogP contribution in [0.15, 0.2) is 65.5 Å². The van der Waals surface area contributed by atoms with Gasteiger partial charge in [-0.05, 0) is 55.8 Å². The number of hydrogen-bond donors (Lipinski definition) is 1. The predicted octanol–water partition coefficient (Wildman–Crippen LogP) is 4.82. The summed E-state index contributed by atoms with van der Waals surface area (Å²) in [6, 6.07) is 16.0. The number of benzene rings is 3. The molecule has 3 aromatic carbocycles. The number of carbonyl (C=O) groups is 1. The number of nitro benzene ring substituents is 1. The van der Waals surface area contributed by atoms with E-state index in [2.05, 4.69) is 10.3 Å². The Bertz CT molecular complexity index is 1460. The van der Waals surface area contributed by atoms with Crippen molar-refractivity contribution in [1.82, 2.24) is 9.55 Å². The number of fused-ring (bicyclic) bond motifs is 1. The number of hydrogen-bond acceptors (Lipinski definition) is 5. The molecule has 0 spiro atoms. The van der Waals surface area contributed by atoms with Crippen molar-refractivity contribution in [3.05, 3.63) is 103 Å². The molecule has 4 aromatic rings. The summed E-state index contributed by atoms with van der Waals surface area (Å²) in [5.74, 6) is 0.0454. The molecule has 1 heterocycles. The summed E-state index contributed by atoms with van der Waals surface area (Å²) in [5, 5.41) is 14.1. The van der Waals surface area contributed by atoms with Gasteiger partial charge < -0.3 is 5.32 Å². The lowest BCUT2D eigenvalue weighted by molar-refractivity contribution is -0.384.